The van der Waals surface area contributed by atoms with E-state index in [0.717, 1.165) is 64.7 Å². The van der Waals surface area contributed by atoms with Crippen molar-refractivity contribution in [3.63, 3.8) is 0 Å². The van der Waals surface area contributed by atoms with Crippen molar-refractivity contribution in [1.29, 1.82) is 0 Å². The van der Waals surface area contributed by atoms with Gasteiger partial charge in [-0.05, 0) is 66.5 Å². The number of nitrogens with one attached hydrogen (secondary N) is 1. The standard InChI is InChI=1S/C38H37ClF2N6O5/c1-17-19(7-6-10-24(17)42-34-31-28(14-26(43-34)33(40)41)45(2)38(51)46(3)36(31)48)20-8-5-9-21(32(20)39)25-13-18-11-12-27(29(18)35(44-25)52-4)47-15-22-23(16-47)30(22)37(49)50/h5-10,13-14,22-23,27,30,33,36,48H,11-12,15-16H2,1-4H3,(H,42,43)(H,49,50)/t22-,23+,27-,30?,36?/m0/s1. The highest BCUT2D eigenvalue weighted by Gasteiger charge is 2.60. The molecule has 2 fully saturated rings. The van der Waals surface area contributed by atoms with Crippen LogP contribution in [0.3, 0.4) is 0 Å². The van der Waals surface area contributed by atoms with Gasteiger partial charge in [-0.15, -0.1) is 0 Å². The average Bonchev–Trinajstić information content (AvgIpc) is 3.40. The molecule has 0 bridgehead atoms. The molecule has 4 aromatic rings. The number of carbonyl (C=O) groups excluding carboxylic acids is 1. The van der Waals surface area contributed by atoms with Crippen molar-refractivity contribution < 1.29 is 33.3 Å². The third-order valence-electron chi connectivity index (χ3n) is 11.3. The van der Waals surface area contributed by atoms with Gasteiger partial charge in [0.25, 0.3) is 6.43 Å². The monoisotopic (exact) mass is 730 g/mol. The summed E-state index contributed by atoms with van der Waals surface area (Å²) in [7, 11) is 4.50. The number of benzene rings is 2. The second kappa shape index (κ2) is 12.7. The number of pyridine rings is 2. The Labute approximate surface area is 303 Å². The molecule has 2 aromatic heterocycles. The van der Waals surface area contributed by atoms with Gasteiger partial charge in [0.2, 0.25) is 5.88 Å². The molecule has 14 heteroatoms. The predicted molar refractivity (Wildman–Crippen MR) is 191 cm³/mol. The van der Waals surface area contributed by atoms with Crippen LogP contribution in [0, 0.1) is 24.7 Å². The molecule has 2 aliphatic heterocycles. The van der Waals surface area contributed by atoms with E-state index < -0.39 is 30.3 Å². The molecule has 11 nitrogen and oxygen atoms in total. The number of aliphatic carboxylic acids is 1. The summed E-state index contributed by atoms with van der Waals surface area (Å²) in [6.07, 6.45) is -2.58. The number of aliphatic hydroxyl groups excluding tert-OH is 1. The highest BCUT2D eigenvalue weighted by atomic mass is 35.5. The highest BCUT2D eigenvalue weighted by molar-refractivity contribution is 6.36. The van der Waals surface area contributed by atoms with Crippen LogP contribution < -0.4 is 15.0 Å². The van der Waals surface area contributed by atoms with Gasteiger partial charge in [0, 0.05) is 55.6 Å². The molecule has 0 spiro atoms. The van der Waals surface area contributed by atoms with Crippen molar-refractivity contribution in [3.05, 3.63) is 81.5 Å². The number of aliphatic hydroxyl groups is 1. The summed E-state index contributed by atoms with van der Waals surface area (Å²) < 4.78 is 33.8. The van der Waals surface area contributed by atoms with Crippen LogP contribution in [0.25, 0.3) is 22.4 Å². The third-order valence-corrected chi connectivity index (χ3v) is 11.7. The summed E-state index contributed by atoms with van der Waals surface area (Å²) in [5.74, 6) is 0.0458. The first kappa shape index (κ1) is 34.2. The minimum absolute atomic E-state index is 0.00648. The van der Waals surface area contributed by atoms with E-state index >= 15 is 0 Å². The number of likely N-dealkylation sites (tertiary alicyclic amines) is 1. The number of aromatic nitrogens is 2. The molecule has 270 valence electrons. The topological polar surface area (TPSA) is 131 Å². The number of anilines is 3. The molecule has 1 saturated heterocycles. The van der Waals surface area contributed by atoms with Crippen LogP contribution in [0.1, 0.15) is 53.1 Å². The quantitative estimate of drug-likeness (QED) is 0.172. The normalized spacial score (nSPS) is 23.5. The van der Waals surface area contributed by atoms with Crippen molar-refractivity contribution in [2.24, 2.45) is 17.8 Å². The van der Waals surface area contributed by atoms with Crippen LogP contribution in [0.4, 0.5) is 30.8 Å². The number of nitrogens with zero attached hydrogens (tertiary/aromatic N) is 5. The summed E-state index contributed by atoms with van der Waals surface area (Å²) in [5, 5.41) is 24.2. The van der Waals surface area contributed by atoms with E-state index in [1.54, 1.807) is 13.2 Å². The molecule has 2 amide bonds. The molecule has 0 radical (unpaired) electrons. The fourth-order valence-electron chi connectivity index (χ4n) is 8.49. The number of ether oxygens (including phenoxy) is 1. The Kier molecular flexibility index (Phi) is 8.35. The van der Waals surface area contributed by atoms with E-state index in [4.69, 9.17) is 21.3 Å². The van der Waals surface area contributed by atoms with Crippen LogP contribution in [-0.4, -0.2) is 76.3 Å². The van der Waals surface area contributed by atoms with Crippen LogP contribution in [0.15, 0.2) is 48.5 Å². The first-order chi connectivity index (χ1) is 24.9. The van der Waals surface area contributed by atoms with Gasteiger partial charge in [-0.1, -0.05) is 41.9 Å². The van der Waals surface area contributed by atoms with Crippen LogP contribution >= 0.6 is 11.6 Å². The van der Waals surface area contributed by atoms with Gasteiger partial charge in [-0.2, -0.15) is 0 Å². The average molecular weight is 731 g/mol. The first-order valence-corrected chi connectivity index (χ1v) is 17.5. The van der Waals surface area contributed by atoms with E-state index in [0.29, 0.717) is 27.8 Å². The molecule has 5 atom stereocenters. The molecule has 1 saturated carbocycles. The Bertz CT molecular complexity index is 2140. The first-order valence-electron chi connectivity index (χ1n) is 17.1. The number of hydrogen-bond acceptors (Lipinski definition) is 8. The zero-order valence-electron chi connectivity index (χ0n) is 28.9. The SMILES string of the molecule is COc1nc(-c2cccc(-c3cccc(Nc4nc(C(F)F)cc5c4C(O)N(C)C(=O)N5C)c3C)c2Cl)cc2c1[C@@H](N1C[C@@H]3C(C(=O)O)[C@@H]3C1)CC2. The lowest BCUT2D eigenvalue weighted by Gasteiger charge is -2.37. The second-order valence-electron chi connectivity index (χ2n) is 14.0. The van der Waals surface area contributed by atoms with Gasteiger partial charge in [-0.25, -0.2) is 23.5 Å². The van der Waals surface area contributed by atoms with Gasteiger partial charge >= 0.3 is 12.0 Å². The number of carboxylic acid groups (broad SMARTS) is 1. The van der Waals surface area contributed by atoms with E-state index in [1.165, 1.54) is 19.0 Å². The summed E-state index contributed by atoms with van der Waals surface area (Å²) in [4.78, 5) is 38.0. The minimum atomic E-state index is -2.91. The number of hydrogen-bond donors (Lipinski definition) is 3. The lowest BCUT2D eigenvalue weighted by atomic mass is 9.95. The fourth-order valence-corrected chi connectivity index (χ4v) is 8.81. The number of carbonyl (C=O) groups is 2. The molecule has 2 unspecified atom stereocenters. The van der Waals surface area contributed by atoms with E-state index in [2.05, 4.69) is 21.3 Å². The van der Waals surface area contributed by atoms with Crippen molar-refractivity contribution in [1.82, 2.24) is 19.8 Å². The van der Waals surface area contributed by atoms with Gasteiger partial charge in [-0.3, -0.25) is 19.5 Å². The lowest BCUT2D eigenvalue weighted by Crippen LogP contribution is -2.46. The molecular formula is C38H37ClF2N6O5. The zero-order chi connectivity index (χ0) is 36.7. The Morgan fingerprint density at radius 2 is 1.73 bits per heavy atom. The summed E-state index contributed by atoms with van der Waals surface area (Å²) >= 11 is 7.19. The number of fused-ring (bicyclic) bond motifs is 3. The smallest absolute Gasteiger partial charge is 0.326 e. The molecule has 4 heterocycles. The largest absolute Gasteiger partial charge is 0.481 e. The summed E-state index contributed by atoms with van der Waals surface area (Å²) in [6, 6.07) is 14.0. The second-order valence-corrected chi connectivity index (χ2v) is 14.4. The Balaban J connectivity index is 1.12. The number of amides is 2. The predicted octanol–water partition coefficient (Wildman–Crippen LogP) is 7.20. The number of alkyl halides is 2. The Morgan fingerprint density at radius 1 is 1.04 bits per heavy atom. The summed E-state index contributed by atoms with van der Waals surface area (Å²) in [6.45, 7) is 3.41. The number of carboxylic acids is 1. The molecule has 2 aromatic carbocycles. The van der Waals surface area contributed by atoms with Crippen LogP contribution in [-0.2, 0) is 11.2 Å². The molecule has 3 N–H and O–H groups in total. The lowest BCUT2D eigenvalue weighted by molar-refractivity contribution is -0.139. The molecule has 4 aliphatic rings. The fraction of sp³-hybridized carbons (Fsp3) is 0.368. The number of methoxy groups -OCH3 is 1. The van der Waals surface area contributed by atoms with E-state index in [-0.39, 0.29) is 40.9 Å². The Morgan fingerprint density at radius 3 is 2.42 bits per heavy atom. The molecule has 52 heavy (non-hydrogen) atoms. The number of rotatable bonds is 8. The Hall–Kier alpha value is -4.85. The highest BCUT2D eigenvalue weighted by Crippen LogP contribution is 2.56. The maximum atomic E-state index is 14.0. The van der Waals surface area contributed by atoms with Crippen molar-refractivity contribution in [3.8, 4) is 28.3 Å². The van der Waals surface area contributed by atoms with Crippen molar-refractivity contribution in [2.45, 2.75) is 38.5 Å². The molecule has 8 rings (SSSR count). The molecule has 2 aliphatic carbocycles. The van der Waals surface area contributed by atoms with Gasteiger partial charge in [0.05, 0.1) is 35.0 Å². The van der Waals surface area contributed by atoms with Gasteiger partial charge < -0.3 is 20.3 Å². The van der Waals surface area contributed by atoms with Crippen molar-refractivity contribution >= 4 is 40.8 Å². The van der Waals surface area contributed by atoms with Crippen LogP contribution in [0.5, 0.6) is 5.88 Å². The number of piperidine rings is 1. The van der Waals surface area contributed by atoms with Crippen molar-refractivity contribution in [2.75, 3.05) is 44.5 Å². The van der Waals surface area contributed by atoms with Gasteiger partial charge in [0.1, 0.15) is 11.5 Å². The minimum Gasteiger partial charge on any atom is -0.481 e. The number of aryl methyl sites for hydroxylation is 1. The van der Waals surface area contributed by atoms with Crippen LogP contribution in [0.2, 0.25) is 5.02 Å². The summed E-state index contributed by atoms with van der Waals surface area (Å²) in [5.41, 5.74) is 6.18. The van der Waals surface area contributed by atoms with Gasteiger partial charge in [0.15, 0.2) is 6.23 Å². The number of halogens is 3. The zero-order valence-corrected chi connectivity index (χ0v) is 29.7. The third kappa shape index (κ3) is 5.36. The van der Waals surface area contributed by atoms with E-state index in [1.807, 2.05) is 37.3 Å². The maximum Gasteiger partial charge on any atom is 0.326 e. The van der Waals surface area contributed by atoms with E-state index in [9.17, 15) is 28.6 Å². The number of urea groups is 1. The maximum absolute atomic E-state index is 14.0. The molecular weight excluding hydrogens is 694 g/mol.